The molecule has 99 heavy (non-hydrogen) atoms. The van der Waals surface area contributed by atoms with Crippen LogP contribution in [0.4, 0.5) is 5.69 Å². The molecular formula is C78H137N9O12. The zero-order valence-electron chi connectivity index (χ0n) is 65.8. The summed E-state index contributed by atoms with van der Waals surface area (Å²) in [6, 6.07) is 20.5. The number of hydrogen-bond acceptors (Lipinski definition) is 15. The second kappa shape index (κ2) is 57.0. The van der Waals surface area contributed by atoms with Gasteiger partial charge in [0.2, 0.25) is 34.8 Å². The SMILES string of the molecule is CC(=O)N1CCN(C(=O)C(=O)C(C)C)CC1.CC(C)C(=O)C(=O)N1CCC(c2ccccc2)CC1.CC(C)C(=O)C(=O)N1CCN(C)CC1.CC(C)C(=O)C(=O)N1CCN(CCO)CC1.CC(C)C(=O)C(=O)N1CCN(c2ccccc2)CC1.CCC.CCC.CCC.CCC.CCC. The summed E-state index contributed by atoms with van der Waals surface area (Å²) in [5, 5.41) is 8.78. The van der Waals surface area contributed by atoms with E-state index in [4.69, 9.17) is 5.11 Å². The summed E-state index contributed by atoms with van der Waals surface area (Å²) in [5.41, 5.74) is 2.51. The summed E-state index contributed by atoms with van der Waals surface area (Å²) in [4.78, 5) is 144. The molecule has 0 aromatic heterocycles. The number of anilines is 1. The maximum Gasteiger partial charge on any atom is 0.290 e. The van der Waals surface area contributed by atoms with Gasteiger partial charge in [-0.2, -0.15) is 0 Å². The summed E-state index contributed by atoms with van der Waals surface area (Å²) in [5.74, 6) is -3.80. The van der Waals surface area contributed by atoms with Crippen LogP contribution in [0.2, 0.25) is 0 Å². The number of carbonyl (C=O) groups is 11. The van der Waals surface area contributed by atoms with Crippen molar-refractivity contribution in [1.82, 2.24) is 39.2 Å². The molecule has 5 aliphatic heterocycles. The van der Waals surface area contributed by atoms with Gasteiger partial charge in [0.25, 0.3) is 29.5 Å². The number of nitrogens with zero attached hydrogens (tertiary/aromatic N) is 9. The van der Waals surface area contributed by atoms with E-state index in [1.54, 1.807) is 93.7 Å². The number of aliphatic hydroxyl groups excluding tert-OH is 1. The molecule has 5 heterocycles. The van der Waals surface area contributed by atoms with Gasteiger partial charge < -0.3 is 44.3 Å². The van der Waals surface area contributed by atoms with Crippen molar-refractivity contribution in [3.8, 4) is 0 Å². The van der Waals surface area contributed by atoms with Crippen molar-refractivity contribution in [2.75, 3.05) is 143 Å². The average Bonchev–Trinajstić information content (AvgIpc) is 0.877. The van der Waals surface area contributed by atoms with Crippen LogP contribution in [-0.4, -0.2) is 247 Å². The second-order valence-electron chi connectivity index (χ2n) is 27.0. The Morgan fingerprint density at radius 1 is 0.354 bits per heavy atom. The third-order valence-electron chi connectivity index (χ3n) is 15.3. The van der Waals surface area contributed by atoms with Gasteiger partial charge >= 0.3 is 0 Å². The van der Waals surface area contributed by atoms with Crippen molar-refractivity contribution in [3.05, 3.63) is 66.2 Å². The fraction of sp³-hybridized carbons (Fsp3) is 0.705. The minimum atomic E-state index is -0.418. The van der Waals surface area contributed by atoms with E-state index in [0.717, 1.165) is 52.1 Å². The summed E-state index contributed by atoms with van der Waals surface area (Å²) in [7, 11) is 2.02. The van der Waals surface area contributed by atoms with Gasteiger partial charge in [-0.05, 0) is 43.5 Å². The monoisotopic (exact) mass is 1390 g/mol. The Kier molecular flexibility index (Phi) is 55.5. The fourth-order valence-corrected chi connectivity index (χ4v) is 9.51. The predicted octanol–water partition coefficient (Wildman–Crippen LogP) is 10.5. The molecule has 5 aliphatic rings. The van der Waals surface area contributed by atoms with Crippen molar-refractivity contribution in [1.29, 1.82) is 0 Å². The molecule has 0 spiro atoms. The number of likely N-dealkylation sites (N-methyl/N-ethyl adjacent to an activating group) is 1. The van der Waals surface area contributed by atoms with Crippen LogP contribution >= 0.6 is 0 Å². The van der Waals surface area contributed by atoms with E-state index in [1.165, 1.54) is 55.2 Å². The molecule has 5 saturated heterocycles. The van der Waals surface area contributed by atoms with Gasteiger partial charge in [-0.15, -0.1) is 0 Å². The van der Waals surface area contributed by atoms with E-state index in [-0.39, 0.29) is 94.6 Å². The standard InChI is InChI=1S/C16H21NO2.C15H20N2O2.C11H18N2O3.C11H20N2O3.C10H18N2O2.5C3H8/c1-12(2)15(18)16(19)17-10-8-14(9-11-17)13-6-4-3-5-7-13;1-12(2)14(18)15(19)17-10-8-16(9-11-17)13-6-4-3-5-7-13;1-8(2)10(15)11(16)13-6-4-12(5-7-13)9(3)14;1-9(2)10(15)11(16)13-5-3-12(4-6-13)7-8-14;1-8(2)9(13)10(14)12-6-4-11(3)5-7-12;5*1-3-2/h3-7,12,14H,8-11H2,1-2H3;3-7,12H,8-11H2,1-2H3;8H,4-7H2,1-3H3;9,14H,3-8H2,1-2H3;8H,4-7H2,1-3H3;5*3H2,1-2H3. The number of likely N-dealkylation sites (tertiary alicyclic amines) is 1. The molecule has 0 unspecified atom stereocenters. The van der Waals surface area contributed by atoms with Gasteiger partial charge in [0, 0.05) is 167 Å². The number of amides is 6. The molecule has 6 amide bonds. The smallest absolute Gasteiger partial charge is 0.290 e. The molecule has 0 aliphatic carbocycles. The number of aliphatic hydroxyl groups is 1. The first-order valence-electron chi connectivity index (χ1n) is 37.0. The summed E-state index contributed by atoms with van der Waals surface area (Å²) < 4.78 is 0. The fourth-order valence-electron chi connectivity index (χ4n) is 9.51. The van der Waals surface area contributed by atoms with E-state index in [2.05, 4.69) is 120 Å². The van der Waals surface area contributed by atoms with Gasteiger partial charge in [-0.1, -0.05) is 219 Å². The molecule has 0 bridgehead atoms. The van der Waals surface area contributed by atoms with Gasteiger partial charge in [0.15, 0.2) is 0 Å². The number of para-hydroxylation sites is 1. The normalized spacial score (nSPS) is 15.3. The minimum absolute atomic E-state index is 0.0160. The van der Waals surface area contributed by atoms with Crippen LogP contribution in [-0.2, 0) is 52.7 Å². The van der Waals surface area contributed by atoms with Gasteiger partial charge in [0.1, 0.15) is 0 Å². The number of carbonyl (C=O) groups excluding carboxylic acids is 11. The lowest BCUT2D eigenvalue weighted by molar-refractivity contribution is -0.148. The molecule has 1 N–H and O–H groups in total. The van der Waals surface area contributed by atoms with E-state index in [1.807, 2.05) is 31.3 Å². The Labute approximate surface area is 599 Å². The molecule has 2 aromatic carbocycles. The topological polar surface area (TPSA) is 237 Å². The zero-order chi connectivity index (χ0) is 76.3. The molecule has 2 aromatic rings. The maximum absolute atomic E-state index is 12.0. The molecular weight excluding hydrogens is 1250 g/mol. The van der Waals surface area contributed by atoms with E-state index in [0.29, 0.717) is 91.0 Å². The number of piperidine rings is 1. The lowest BCUT2D eigenvalue weighted by Gasteiger charge is -2.36. The van der Waals surface area contributed by atoms with Crippen molar-refractivity contribution >= 4 is 70.0 Å². The van der Waals surface area contributed by atoms with Crippen LogP contribution < -0.4 is 4.90 Å². The largest absolute Gasteiger partial charge is 0.395 e. The van der Waals surface area contributed by atoms with Gasteiger partial charge in [0.05, 0.1) is 6.61 Å². The Morgan fingerprint density at radius 2 is 0.596 bits per heavy atom. The quantitative estimate of drug-likeness (QED) is 0.173. The molecule has 0 saturated carbocycles. The number of β-amino-alcohol motifs (C(OH)–C–C–N with tert-alkyl or cyclic N) is 1. The third kappa shape index (κ3) is 40.4. The molecule has 0 atom stereocenters. The first kappa shape index (κ1) is 96.5. The summed E-state index contributed by atoms with van der Waals surface area (Å²) in [6.07, 6.45) is 8.14. The Balaban J connectivity index is -0.00000111. The molecule has 21 nitrogen and oxygen atoms in total. The van der Waals surface area contributed by atoms with Crippen molar-refractivity contribution in [3.63, 3.8) is 0 Å². The summed E-state index contributed by atoms with van der Waals surface area (Å²) >= 11 is 0. The second-order valence-corrected chi connectivity index (χ2v) is 27.0. The van der Waals surface area contributed by atoms with E-state index < -0.39 is 5.91 Å². The lowest BCUT2D eigenvalue weighted by Crippen LogP contribution is -2.52. The van der Waals surface area contributed by atoms with Gasteiger partial charge in [-0.25, -0.2) is 0 Å². The van der Waals surface area contributed by atoms with Crippen LogP contribution in [0.25, 0.3) is 0 Å². The zero-order valence-corrected chi connectivity index (χ0v) is 65.8. The predicted molar refractivity (Wildman–Crippen MR) is 402 cm³/mol. The van der Waals surface area contributed by atoms with Crippen LogP contribution in [0.3, 0.4) is 0 Å². The molecule has 7 rings (SSSR count). The number of rotatable bonds is 14. The lowest BCUT2D eigenvalue weighted by atomic mass is 9.89. The Morgan fingerprint density at radius 3 is 0.869 bits per heavy atom. The van der Waals surface area contributed by atoms with Crippen LogP contribution in [0.1, 0.15) is 202 Å². The molecule has 566 valence electrons. The van der Waals surface area contributed by atoms with Crippen molar-refractivity contribution in [2.45, 2.75) is 196 Å². The Bertz CT molecular complexity index is 2460. The highest BCUT2D eigenvalue weighted by atomic mass is 16.3. The van der Waals surface area contributed by atoms with Crippen LogP contribution in [0.5, 0.6) is 0 Å². The van der Waals surface area contributed by atoms with Crippen LogP contribution in [0.15, 0.2) is 60.7 Å². The van der Waals surface area contributed by atoms with Gasteiger partial charge in [-0.3, -0.25) is 57.6 Å². The first-order chi connectivity index (χ1) is 46.8. The number of piperazine rings is 4. The first-order valence-corrected chi connectivity index (χ1v) is 37.0. The third-order valence-corrected chi connectivity index (χ3v) is 15.3. The van der Waals surface area contributed by atoms with E-state index >= 15 is 0 Å². The number of ketones is 5. The molecule has 0 radical (unpaired) electrons. The number of benzene rings is 2. The van der Waals surface area contributed by atoms with E-state index in [9.17, 15) is 52.7 Å². The van der Waals surface area contributed by atoms with Crippen LogP contribution in [0, 0.1) is 29.6 Å². The highest BCUT2D eigenvalue weighted by Crippen LogP contribution is 2.28. The van der Waals surface area contributed by atoms with Crippen molar-refractivity contribution < 1.29 is 57.8 Å². The highest BCUT2D eigenvalue weighted by Gasteiger charge is 2.32. The molecule has 21 heteroatoms. The number of hydrogen-bond donors (Lipinski definition) is 1. The molecule has 5 fully saturated rings. The maximum atomic E-state index is 12.0. The Hall–Kier alpha value is -6.71. The average molecular weight is 1390 g/mol. The minimum Gasteiger partial charge on any atom is -0.395 e. The summed E-state index contributed by atoms with van der Waals surface area (Å²) in [6.45, 7) is 52.9. The van der Waals surface area contributed by atoms with Crippen molar-refractivity contribution in [2.24, 2.45) is 29.6 Å². The number of Topliss-reactive ketones (excluding diaryl/α,β-unsaturated/α-hetero) is 5. The highest BCUT2D eigenvalue weighted by molar-refractivity contribution is 6.38.